The summed E-state index contributed by atoms with van der Waals surface area (Å²) in [6, 6.07) is 11.0. The largest absolute Gasteiger partial charge is 0.389 e. The van der Waals surface area contributed by atoms with Crippen LogP contribution in [0.25, 0.3) is 6.08 Å². The highest BCUT2D eigenvalue weighted by molar-refractivity contribution is 6.30. The van der Waals surface area contributed by atoms with Gasteiger partial charge in [-0.2, -0.15) is 0 Å². The van der Waals surface area contributed by atoms with Gasteiger partial charge in [-0.25, -0.2) is 8.78 Å². The summed E-state index contributed by atoms with van der Waals surface area (Å²) < 4.78 is 26.6. The van der Waals surface area contributed by atoms with Crippen LogP contribution in [-0.2, 0) is 4.79 Å². The summed E-state index contributed by atoms with van der Waals surface area (Å²) in [5.74, 6) is -1.24. The summed E-state index contributed by atoms with van der Waals surface area (Å²) in [5, 5.41) is 22.6. The zero-order valence-electron chi connectivity index (χ0n) is 19.5. The third-order valence-corrected chi connectivity index (χ3v) is 7.48. The second-order valence-corrected chi connectivity index (χ2v) is 10.0. The van der Waals surface area contributed by atoms with Crippen LogP contribution < -0.4 is 0 Å². The lowest BCUT2D eigenvalue weighted by atomic mass is 9.84. The van der Waals surface area contributed by atoms with Crippen molar-refractivity contribution in [2.75, 3.05) is 32.7 Å². The Bertz CT molecular complexity index is 1030. The van der Waals surface area contributed by atoms with Crippen molar-refractivity contribution >= 4 is 23.6 Å². The highest BCUT2D eigenvalue weighted by Crippen LogP contribution is 2.31. The van der Waals surface area contributed by atoms with Crippen LogP contribution in [-0.4, -0.2) is 70.3 Å². The fourth-order valence-corrected chi connectivity index (χ4v) is 5.12. The minimum Gasteiger partial charge on any atom is -0.389 e. The number of nitrogens with zero attached hydrogens (tertiary/aromatic N) is 2. The van der Waals surface area contributed by atoms with Crippen LogP contribution in [0.4, 0.5) is 8.78 Å². The topological polar surface area (TPSA) is 64.0 Å². The van der Waals surface area contributed by atoms with E-state index in [0.29, 0.717) is 25.6 Å². The van der Waals surface area contributed by atoms with Gasteiger partial charge in [0.1, 0.15) is 11.6 Å². The molecule has 1 unspecified atom stereocenters. The lowest BCUT2D eigenvalue weighted by molar-refractivity contribution is -0.140. The normalized spacial score (nSPS) is 20.3. The molecule has 0 aromatic heterocycles. The summed E-state index contributed by atoms with van der Waals surface area (Å²) in [6.07, 6.45) is 4.25. The lowest BCUT2D eigenvalue weighted by Crippen LogP contribution is -2.56. The van der Waals surface area contributed by atoms with Crippen LogP contribution in [0.2, 0.25) is 5.02 Å². The van der Waals surface area contributed by atoms with Gasteiger partial charge < -0.3 is 20.0 Å². The van der Waals surface area contributed by atoms with Crippen molar-refractivity contribution in [2.24, 2.45) is 0 Å². The Morgan fingerprint density at radius 2 is 1.66 bits per heavy atom. The minimum atomic E-state index is -1.25. The van der Waals surface area contributed by atoms with Crippen LogP contribution in [0.1, 0.15) is 42.7 Å². The van der Waals surface area contributed by atoms with Crippen LogP contribution >= 0.6 is 11.6 Å². The summed E-state index contributed by atoms with van der Waals surface area (Å²) in [6.45, 7) is 2.68. The first-order chi connectivity index (χ1) is 16.7. The molecule has 8 heteroatoms. The number of benzene rings is 2. The maximum atomic E-state index is 13.3. The Balaban J connectivity index is 1.24. The number of aliphatic hydroxyl groups is 2. The lowest BCUT2D eigenvalue weighted by Gasteiger charge is -2.43. The fraction of sp³-hybridized carbons (Fsp3) is 0.444. The van der Waals surface area contributed by atoms with E-state index in [1.807, 2.05) is 12.1 Å². The molecule has 2 saturated heterocycles. The average Bonchev–Trinajstić information content (AvgIpc) is 2.83. The molecule has 2 aromatic carbocycles. The molecule has 2 aliphatic rings. The molecule has 2 aromatic rings. The Kier molecular flexibility index (Phi) is 8.22. The van der Waals surface area contributed by atoms with Crippen LogP contribution in [0, 0.1) is 11.6 Å². The first-order valence-corrected chi connectivity index (χ1v) is 12.4. The molecule has 1 atom stereocenters. The highest BCUT2D eigenvalue weighted by atomic mass is 35.5. The van der Waals surface area contributed by atoms with Crippen LogP contribution in [0.5, 0.6) is 0 Å². The Hall–Kier alpha value is -2.32. The van der Waals surface area contributed by atoms with Gasteiger partial charge in [-0.3, -0.25) is 4.79 Å². The standard InChI is InChI=1S/C27H31ClF2N2O3/c28-22-4-2-20(3-5-22)21-7-11-31(12-8-21)18-25(33)27(35)9-13-32(14-10-27)26(34)6-1-19-15-23(29)17-24(30)16-19/h1-6,15-17,21,25,33,35H,7-14,18H2/b6-1+. The number of halogens is 3. The third kappa shape index (κ3) is 6.67. The van der Waals surface area contributed by atoms with Gasteiger partial charge in [0.2, 0.25) is 5.91 Å². The molecule has 0 saturated carbocycles. The zero-order chi connectivity index (χ0) is 25.0. The molecule has 2 heterocycles. The maximum absolute atomic E-state index is 13.3. The minimum absolute atomic E-state index is 0.264. The Morgan fingerprint density at radius 1 is 1.06 bits per heavy atom. The molecule has 35 heavy (non-hydrogen) atoms. The van der Waals surface area contributed by atoms with Crippen molar-refractivity contribution in [3.05, 3.63) is 76.3 Å². The quantitative estimate of drug-likeness (QED) is 0.578. The van der Waals surface area contributed by atoms with E-state index in [-0.39, 0.29) is 24.3 Å². The van der Waals surface area contributed by atoms with Crippen LogP contribution in [0.3, 0.4) is 0 Å². The van der Waals surface area contributed by atoms with Crippen molar-refractivity contribution in [2.45, 2.75) is 43.3 Å². The third-order valence-electron chi connectivity index (χ3n) is 7.22. The molecule has 2 fully saturated rings. The van der Waals surface area contributed by atoms with E-state index < -0.39 is 23.3 Å². The molecule has 0 spiro atoms. The molecule has 4 rings (SSSR count). The molecule has 0 bridgehead atoms. The smallest absolute Gasteiger partial charge is 0.246 e. The van der Waals surface area contributed by atoms with Crippen molar-refractivity contribution in [3.8, 4) is 0 Å². The second-order valence-electron chi connectivity index (χ2n) is 9.61. The Morgan fingerprint density at radius 3 is 2.26 bits per heavy atom. The van der Waals surface area contributed by atoms with E-state index in [9.17, 15) is 23.8 Å². The average molecular weight is 505 g/mol. The zero-order valence-corrected chi connectivity index (χ0v) is 20.3. The number of β-amino-alcohol motifs (C(OH)–C–C–N with tert-alkyl or cyclic N) is 1. The van der Waals surface area contributed by atoms with Gasteiger partial charge in [0.15, 0.2) is 0 Å². The summed E-state index contributed by atoms with van der Waals surface area (Å²) in [7, 11) is 0. The molecule has 0 radical (unpaired) electrons. The number of hydrogen-bond acceptors (Lipinski definition) is 4. The monoisotopic (exact) mass is 504 g/mol. The first kappa shape index (κ1) is 25.8. The molecule has 5 nitrogen and oxygen atoms in total. The van der Waals surface area contributed by atoms with Gasteiger partial charge in [-0.1, -0.05) is 23.7 Å². The van der Waals surface area contributed by atoms with E-state index in [1.54, 1.807) is 4.90 Å². The van der Waals surface area contributed by atoms with Crippen molar-refractivity contribution in [1.29, 1.82) is 0 Å². The second kappa shape index (κ2) is 11.2. The van der Waals surface area contributed by atoms with Gasteiger partial charge in [-0.05, 0) is 86.2 Å². The van der Waals surface area contributed by atoms with E-state index in [2.05, 4.69) is 17.0 Å². The van der Waals surface area contributed by atoms with Gasteiger partial charge in [-0.15, -0.1) is 0 Å². The highest BCUT2D eigenvalue weighted by Gasteiger charge is 2.40. The van der Waals surface area contributed by atoms with Crippen molar-refractivity contribution in [3.63, 3.8) is 0 Å². The predicted octanol–water partition coefficient (Wildman–Crippen LogP) is 4.23. The number of carbonyl (C=O) groups excluding carboxylic acids is 1. The van der Waals surface area contributed by atoms with Gasteiger partial charge >= 0.3 is 0 Å². The molecule has 2 aliphatic heterocycles. The van der Waals surface area contributed by atoms with Crippen molar-refractivity contribution < 1.29 is 23.8 Å². The number of aliphatic hydroxyl groups excluding tert-OH is 1. The maximum Gasteiger partial charge on any atom is 0.246 e. The van der Waals surface area contributed by atoms with Crippen molar-refractivity contribution in [1.82, 2.24) is 9.80 Å². The molecule has 0 aliphatic carbocycles. The Labute approximate surface area is 209 Å². The fourth-order valence-electron chi connectivity index (χ4n) is 4.99. The number of likely N-dealkylation sites (tertiary alicyclic amines) is 2. The summed E-state index contributed by atoms with van der Waals surface area (Å²) >= 11 is 5.99. The molecule has 2 N–H and O–H groups in total. The van der Waals surface area contributed by atoms with Gasteiger partial charge in [0, 0.05) is 36.8 Å². The molecular formula is C27H31ClF2N2O3. The van der Waals surface area contributed by atoms with Gasteiger partial charge in [0.25, 0.3) is 0 Å². The van der Waals surface area contributed by atoms with E-state index in [1.165, 1.54) is 17.7 Å². The SMILES string of the molecule is O=C(/C=C/c1cc(F)cc(F)c1)N1CCC(O)(C(O)CN2CCC(c3ccc(Cl)cc3)CC2)CC1. The molecular weight excluding hydrogens is 474 g/mol. The number of piperidine rings is 2. The van der Waals surface area contributed by atoms with E-state index in [0.717, 1.165) is 49.2 Å². The number of rotatable bonds is 6. The van der Waals surface area contributed by atoms with E-state index in [4.69, 9.17) is 11.6 Å². The van der Waals surface area contributed by atoms with Crippen LogP contribution in [0.15, 0.2) is 48.5 Å². The predicted molar refractivity (Wildman–Crippen MR) is 132 cm³/mol. The first-order valence-electron chi connectivity index (χ1n) is 12.0. The van der Waals surface area contributed by atoms with E-state index >= 15 is 0 Å². The molecule has 188 valence electrons. The summed E-state index contributed by atoms with van der Waals surface area (Å²) in [5.41, 5.74) is 0.292. The number of hydrogen-bond donors (Lipinski definition) is 2. The number of carbonyl (C=O) groups is 1. The number of amides is 1. The van der Waals surface area contributed by atoms with Gasteiger partial charge in [0.05, 0.1) is 11.7 Å². The summed E-state index contributed by atoms with van der Waals surface area (Å²) in [4.78, 5) is 16.3. The molecule has 1 amide bonds.